The topological polar surface area (TPSA) is 123 Å². The lowest BCUT2D eigenvalue weighted by atomic mass is 10.2. The van der Waals surface area contributed by atoms with Crippen molar-refractivity contribution in [3.05, 3.63) is 17.8 Å². The molecule has 0 aliphatic rings. The number of aryl methyl sites for hydroxylation is 3. The zero-order valence-electron chi connectivity index (χ0n) is 14.0. The largest absolute Gasteiger partial charge is 0.370 e. The van der Waals surface area contributed by atoms with E-state index in [1.54, 1.807) is 0 Å². The number of nitrogens with one attached hydrogen (secondary N) is 2. The predicted molar refractivity (Wildman–Crippen MR) is 85.1 cm³/mol. The lowest BCUT2D eigenvalue weighted by molar-refractivity contribution is -0.119. The van der Waals surface area contributed by atoms with Crippen LogP contribution in [0.5, 0.6) is 0 Å². The molecule has 2 rings (SSSR count). The summed E-state index contributed by atoms with van der Waals surface area (Å²) in [5.41, 5.74) is 5.38. The molecule has 0 atom stereocenters. The molecule has 0 unspecified atom stereocenters. The maximum Gasteiger partial charge on any atom is 0.326 e. The maximum atomic E-state index is 12.8. The van der Waals surface area contributed by atoms with Crippen molar-refractivity contribution < 1.29 is 17.6 Å². The minimum atomic E-state index is -4.23. The molecule has 0 aliphatic carbocycles. The molecule has 0 spiro atoms. The van der Waals surface area contributed by atoms with Gasteiger partial charge in [-0.1, -0.05) is 0 Å². The number of hydrogen-bond acceptors (Lipinski definition) is 5. The van der Waals surface area contributed by atoms with Crippen molar-refractivity contribution in [1.29, 1.82) is 0 Å². The van der Waals surface area contributed by atoms with Gasteiger partial charge in [0, 0.05) is 6.42 Å². The molecule has 4 N–H and O–H groups in total. The third-order valence-corrected chi connectivity index (χ3v) is 3.22. The molecule has 2 aromatic rings. The third-order valence-electron chi connectivity index (χ3n) is 3.22. The molecular formula is C13H19F4N9. The highest BCUT2D eigenvalue weighted by Gasteiger charge is 2.40. The molecule has 26 heavy (non-hydrogen) atoms. The van der Waals surface area contributed by atoms with Gasteiger partial charge >= 0.3 is 12.3 Å². The Labute approximate surface area is 146 Å². The number of guanidine groups is 1. The van der Waals surface area contributed by atoms with Crippen molar-refractivity contribution in [1.82, 2.24) is 30.2 Å². The zero-order valence-corrected chi connectivity index (χ0v) is 14.0. The van der Waals surface area contributed by atoms with Gasteiger partial charge in [-0.25, -0.2) is 18.8 Å². The van der Waals surface area contributed by atoms with Crippen molar-refractivity contribution in [3.63, 3.8) is 0 Å². The van der Waals surface area contributed by atoms with Gasteiger partial charge in [-0.3, -0.25) is 5.10 Å². The van der Waals surface area contributed by atoms with Gasteiger partial charge in [0.1, 0.15) is 12.4 Å². The smallest absolute Gasteiger partial charge is 0.326 e. The minimum absolute atomic E-state index is 0.177. The molecule has 144 valence electrons. The van der Waals surface area contributed by atoms with Crippen LogP contribution in [0, 0.1) is 6.92 Å². The number of aromatic amines is 1. The van der Waals surface area contributed by atoms with E-state index in [9.17, 15) is 17.6 Å². The van der Waals surface area contributed by atoms with E-state index < -0.39 is 24.9 Å². The number of unbranched alkanes of at least 4 members (excludes halogenated alkanes) is 1. The lowest BCUT2D eigenvalue weighted by Gasteiger charge is -2.12. The van der Waals surface area contributed by atoms with Crippen molar-refractivity contribution in [2.24, 2.45) is 10.7 Å². The summed E-state index contributed by atoms with van der Waals surface area (Å²) < 4.78 is 49.6. The fraction of sp³-hybridized carbons (Fsp3) is 0.615. The number of aliphatic imine (C=N–C) groups is 1. The summed E-state index contributed by atoms with van der Waals surface area (Å²) in [7, 11) is 0. The van der Waals surface area contributed by atoms with E-state index in [2.05, 4.69) is 35.7 Å². The van der Waals surface area contributed by atoms with E-state index in [0.717, 1.165) is 24.5 Å². The fourth-order valence-corrected chi connectivity index (χ4v) is 1.93. The second-order valence-corrected chi connectivity index (χ2v) is 5.51. The van der Waals surface area contributed by atoms with Gasteiger partial charge in [0.2, 0.25) is 0 Å². The van der Waals surface area contributed by atoms with Crippen LogP contribution in [-0.2, 0) is 13.0 Å². The molecule has 0 aliphatic heterocycles. The van der Waals surface area contributed by atoms with Crippen LogP contribution in [-0.4, -0.2) is 55.0 Å². The molecule has 13 heteroatoms. The highest BCUT2D eigenvalue weighted by molar-refractivity contribution is 5.91. The predicted octanol–water partition coefficient (Wildman–Crippen LogP) is 1.35. The van der Waals surface area contributed by atoms with Gasteiger partial charge in [0.25, 0.3) is 0 Å². The first-order valence-corrected chi connectivity index (χ1v) is 7.77. The van der Waals surface area contributed by atoms with E-state index in [4.69, 9.17) is 5.73 Å². The third kappa shape index (κ3) is 5.97. The van der Waals surface area contributed by atoms with E-state index in [1.165, 1.54) is 11.0 Å². The van der Waals surface area contributed by atoms with Crippen LogP contribution in [0.4, 0.5) is 23.4 Å². The summed E-state index contributed by atoms with van der Waals surface area (Å²) in [6.07, 6.45) is -0.165. The monoisotopic (exact) mass is 377 g/mol. The molecule has 0 bridgehead atoms. The first kappa shape index (κ1) is 19.6. The van der Waals surface area contributed by atoms with Crippen molar-refractivity contribution in [2.45, 2.75) is 45.1 Å². The molecule has 2 aromatic heterocycles. The number of nitrogens with zero attached hydrogens (tertiary/aromatic N) is 6. The summed E-state index contributed by atoms with van der Waals surface area (Å²) in [5.74, 6) is -3.00. The Morgan fingerprint density at radius 2 is 2.19 bits per heavy atom. The van der Waals surface area contributed by atoms with Crippen molar-refractivity contribution in [3.8, 4) is 0 Å². The van der Waals surface area contributed by atoms with Gasteiger partial charge in [-0.15, -0.1) is 5.10 Å². The van der Waals surface area contributed by atoms with Crippen LogP contribution < -0.4 is 11.1 Å². The van der Waals surface area contributed by atoms with Crippen LogP contribution in [0.2, 0.25) is 0 Å². The maximum absolute atomic E-state index is 12.8. The number of halogens is 4. The fourth-order valence-electron chi connectivity index (χ4n) is 1.93. The molecule has 0 amide bonds. The SMILES string of the molecule is Cc1nc(CCCCn2ncc(NC(N)=NCC(F)(F)C(F)F)n2)n[nH]1. The van der Waals surface area contributed by atoms with Crippen LogP contribution >= 0.6 is 0 Å². The van der Waals surface area contributed by atoms with Gasteiger partial charge < -0.3 is 11.1 Å². The standard InChI is InChI=1S/C13H19F4N9/c1-8-21-9(24-23-8)4-2-3-5-26-20-6-10(25-26)22-12(18)19-7-13(16,17)11(14)15/h6,11H,2-5,7H2,1H3,(H,21,23,24)(H3,18,19,22,25). The van der Waals surface area contributed by atoms with Crippen LogP contribution in [0.25, 0.3) is 0 Å². The van der Waals surface area contributed by atoms with Gasteiger partial charge in [0.05, 0.1) is 12.7 Å². The van der Waals surface area contributed by atoms with Crippen molar-refractivity contribution in [2.75, 3.05) is 11.9 Å². The number of H-pyrrole nitrogens is 1. The molecule has 0 saturated carbocycles. The van der Waals surface area contributed by atoms with E-state index in [1.807, 2.05) is 6.92 Å². The second kappa shape index (κ2) is 8.58. The normalized spacial score (nSPS) is 12.8. The molecule has 9 nitrogen and oxygen atoms in total. The Kier molecular flexibility index (Phi) is 6.46. The quantitative estimate of drug-likeness (QED) is 0.262. The molecule has 0 radical (unpaired) electrons. The summed E-state index contributed by atoms with van der Waals surface area (Å²) in [5, 5.41) is 17.2. The number of aromatic nitrogens is 6. The summed E-state index contributed by atoms with van der Waals surface area (Å²) in [6, 6.07) is 0. The molecular weight excluding hydrogens is 358 g/mol. The summed E-state index contributed by atoms with van der Waals surface area (Å²) in [4.78, 5) is 8.78. The summed E-state index contributed by atoms with van der Waals surface area (Å²) >= 11 is 0. The Morgan fingerprint density at radius 1 is 1.42 bits per heavy atom. The summed E-state index contributed by atoms with van der Waals surface area (Å²) in [6.45, 7) is 0.923. The molecule has 0 saturated heterocycles. The lowest BCUT2D eigenvalue weighted by Crippen LogP contribution is -2.32. The van der Waals surface area contributed by atoms with Crippen LogP contribution in [0.3, 0.4) is 0 Å². The van der Waals surface area contributed by atoms with E-state index >= 15 is 0 Å². The number of nitrogens with two attached hydrogens (primary N) is 1. The average Bonchev–Trinajstić information content (AvgIpc) is 3.18. The van der Waals surface area contributed by atoms with E-state index in [-0.39, 0.29) is 5.82 Å². The van der Waals surface area contributed by atoms with Gasteiger partial charge in [-0.2, -0.15) is 23.8 Å². The van der Waals surface area contributed by atoms with Gasteiger partial charge in [-0.05, 0) is 19.8 Å². The Morgan fingerprint density at radius 3 is 2.85 bits per heavy atom. The highest BCUT2D eigenvalue weighted by Crippen LogP contribution is 2.22. The number of rotatable bonds is 9. The van der Waals surface area contributed by atoms with Crippen molar-refractivity contribution >= 4 is 11.8 Å². The Hall–Kier alpha value is -2.73. The first-order valence-electron chi connectivity index (χ1n) is 7.77. The molecule has 0 aromatic carbocycles. The van der Waals surface area contributed by atoms with E-state index in [0.29, 0.717) is 13.0 Å². The Bertz CT molecular complexity index is 725. The highest BCUT2D eigenvalue weighted by atomic mass is 19.3. The number of anilines is 1. The average molecular weight is 377 g/mol. The molecule has 2 heterocycles. The number of hydrogen-bond donors (Lipinski definition) is 3. The number of alkyl halides is 4. The molecule has 0 fully saturated rings. The van der Waals surface area contributed by atoms with Gasteiger partial charge in [0.15, 0.2) is 17.6 Å². The second-order valence-electron chi connectivity index (χ2n) is 5.51. The zero-order chi connectivity index (χ0) is 19.2. The van der Waals surface area contributed by atoms with Crippen LogP contribution in [0.1, 0.15) is 24.5 Å². The van der Waals surface area contributed by atoms with Crippen LogP contribution in [0.15, 0.2) is 11.2 Å². The minimum Gasteiger partial charge on any atom is -0.370 e. The Balaban J connectivity index is 1.74. The first-order chi connectivity index (χ1) is 12.3.